The van der Waals surface area contributed by atoms with Gasteiger partial charge in [-0.15, -0.1) is 0 Å². The zero-order valence-corrected chi connectivity index (χ0v) is 15.9. The third-order valence-corrected chi connectivity index (χ3v) is 3.44. The minimum Gasteiger partial charge on any atom is -0.467 e. The quantitative estimate of drug-likeness (QED) is 0.710. The number of carbonyl (C=O) groups excluding carboxylic acids is 3. The van der Waals surface area contributed by atoms with Gasteiger partial charge in [-0.3, -0.25) is 9.59 Å². The summed E-state index contributed by atoms with van der Waals surface area (Å²) < 4.78 is 15.2. The molecule has 1 aromatic rings. The maximum Gasteiger partial charge on any atom is 0.328 e. The van der Waals surface area contributed by atoms with Crippen molar-refractivity contribution < 1.29 is 28.6 Å². The molecule has 0 saturated carbocycles. The molecule has 26 heavy (non-hydrogen) atoms. The van der Waals surface area contributed by atoms with E-state index in [4.69, 9.17) is 14.2 Å². The molecule has 2 atom stereocenters. The van der Waals surface area contributed by atoms with E-state index in [1.165, 1.54) is 14.2 Å². The van der Waals surface area contributed by atoms with Crippen molar-refractivity contribution in [3.05, 3.63) is 35.9 Å². The van der Waals surface area contributed by atoms with Gasteiger partial charge < -0.3 is 19.5 Å². The predicted molar refractivity (Wildman–Crippen MR) is 95.2 cm³/mol. The second-order valence-corrected chi connectivity index (χ2v) is 6.74. The summed E-state index contributed by atoms with van der Waals surface area (Å²) in [6, 6.07) is 7.93. The van der Waals surface area contributed by atoms with Gasteiger partial charge in [0.05, 0.1) is 7.11 Å². The van der Waals surface area contributed by atoms with Gasteiger partial charge in [0.15, 0.2) is 6.10 Å². The van der Waals surface area contributed by atoms with E-state index < -0.39 is 35.6 Å². The van der Waals surface area contributed by atoms with Crippen LogP contribution in [0.5, 0.6) is 0 Å². The van der Waals surface area contributed by atoms with Crippen LogP contribution in [0.1, 0.15) is 45.3 Å². The fourth-order valence-electron chi connectivity index (χ4n) is 2.32. The summed E-state index contributed by atoms with van der Waals surface area (Å²) in [7, 11) is 2.63. The van der Waals surface area contributed by atoms with Crippen LogP contribution in [0.4, 0.5) is 0 Å². The van der Waals surface area contributed by atoms with Crippen LogP contribution in [0.3, 0.4) is 0 Å². The van der Waals surface area contributed by atoms with E-state index in [1.54, 1.807) is 45.0 Å². The maximum absolute atomic E-state index is 12.5. The fourth-order valence-corrected chi connectivity index (χ4v) is 2.32. The van der Waals surface area contributed by atoms with E-state index in [-0.39, 0.29) is 12.8 Å². The van der Waals surface area contributed by atoms with E-state index in [9.17, 15) is 14.4 Å². The molecule has 0 radical (unpaired) electrons. The van der Waals surface area contributed by atoms with Crippen LogP contribution in [0, 0.1) is 0 Å². The highest BCUT2D eigenvalue weighted by atomic mass is 16.6. The Hall–Kier alpha value is -2.41. The van der Waals surface area contributed by atoms with Crippen LogP contribution in [-0.4, -0.2) is 43.7 Å². The number of carbonyl (C=O) groups is 3. The number of hydrogen-bond donors (Lipinski definition) is 1. The first kappa shape index (κ1) is 21.6. The molecule has 7 nitrogen and oxygen atoms in total. The van der Waals surface area contributed by atoms with Crippen LogP contribution in [0.25, 0.3) is 0 Å². The second-order valence-electron chi connectivity index (χ2n) is 6.74. The molecular weight excluding hydrogens is 338 g/mol. The van der Waals surface area contributed by atoms with E-state index >= 15 is 0 Å². The average Bonchev–Trinajstić information content (AvgIpc) is 2.58. The first-order valence-electron chi connectivity index (χ1n) is 8.35. The number of esters is 2. The lowest BCUT2D eigenvalue weighted by Crippen LogP contribution is -2.44. The number of amides is 1. The SMILES string of the molecule is COC(=O)[C@@H](CCC(=O)OC(C)(C)C)NC(=O)[C@@H](OC)c1ccccc1. The highest BCUT2D eigenvalue weighted by Gasteiger charge is 2.28. The number of rotatable bonds is 8. The van der Waals surface area contributed by atoms with Gasteiger partial charge in [0.25, 0.3) is 5.91 Å². The highest BCUT2D eigenvalue weighted by Crippen LogP contribution is 2.17. The molecule has 1 N–H and O–H groups in total. The summed E-state index contributed by atoms with van der Waals surface area (Å²) in [4.78, 5) is 36.3. The monoisotopic (exact) mass is 365 g/mol. The Morgan fingerprint density at radius 3 is 2.19 bits per heavy atom. The van der Waals surface area contributed by atoms with Crippen molar-refractivity contribution in [2.45, 2.75) is 51.4 Å². The Morgan fingerprint density at radius 1 is 1.08 bits per heavy atom. The Balaban J connectivity index is 2.76. The van der Waals surface area contributed by atoms with Crippen molar-refractivity contribution in [3.63, 3.8) is 0 Å². The van der Waals surface area contributed by atoms with Crippen molar-refractivity contribution >= 4 is 17.8 Å². The molecule has 0 bridgehead atoms. The number of hydrogen-bond acceptors (Lipinski definition) is 6. The standard InChI is InChI=1S/C19H27NO6/c1-19(2,3)26-15(21)12-11-14(18(23)25-5)20-17(22)16(24-4)13-9-7-6-8-10-13/h6-10,14,16H,11-12H2,1-5H3,(H,20,22)/t14-,16+/m1/s1. The van der Waals surface area contributed by atoms with E-state index in [2.05, 4.69) is 5.32 Å². The number of benzene rings is 1. The molecule has 0 spiro atoms. The largest absolute Gasteiger partial charge is 0.467 e. The van der Waals surface area contributed by atoms with Gasteiger partial charge in [-0.1, -0.05) is 30.3 Å². The topological polar surface area (TPSA) is 90.9 Å². The molecule has 1 rings (SSSR count). The molecule has 144 valence electrons. The summed E-state index contributed by atoms with van der Waals surface area (Å²) in [5, 5.41) is 2.59. The Labute approximate surface area is 154 Å². The molecule has 0 aromatic heterocycles. The zero-order chi connectivity index (χ0) is 19.7. The molecule has 0 unspecified atom stereocenters. The lowest BCUT2D eigenvalue weighted by atomic mass is 10.1. The van der Waals surface area contributed by atoms with Crippen molar-refractivity contribution in [1.29, 1.82) is 0 Å². The lowest BCUT2D eigenvalue weighted by molar-refractivity contribution is -0.155. The average molecular weight is 365 g/mol. The van der Waals surface area contributed by atoms with Crippen LogP contribution in [0.15, 0.2) is 30.3 Å². The van der Waals surface area contributed by atoms with Gasteiger partial charge in [-0.05, 0) is 32.8 Å². The van der Waals surface area contributed by atoms with Gasteiger partial charge in [-0.2, -0.15) is 0 Å². The van der Waals surface area contributed by atoms with Crippen molar-refractivity contribution in [2.24, 2.45) is 0 Å². The fraction of sp³-hybridized carbons (Fsp3) is 0.526. The van der Waals surface area contributed by atoms with Crippen LogP contribution < -0.4 is 5.32 Å². The molecular formula is C19H27NO6. The summed E-state index contributed by atoms with van der Waals surface area (Å²) in [5.74, 6) is -1.57. The van der Waals surface area contributed by atoms with E-state index in [0.717, 1.165) is 0 Å². The number of methoxy groups -OCH3 is 2. The Bertz CT molecular complexity index is 608. The molecule has 0 fully saturated rings. The number of nitrogens with one attached hydrogen (secondary N) is 1. The molecule has 0 aliphatic heterocycles. The minimum atomic E-state index is -0.971. The van der Waals surface area contributed by atoms with Gasteiger partial charge in [0.2, 0.25) is 0 Å². The second kappa shape index (κ2) is 9.91. The first-order valence-corrected chi connectivity index (χ1v) is 8.35. The van der Waals surface area contributed by atoms with Crippen LogP contribution in [-0.2, 0) is 28.6 Å². The summed E-state index contributed by atoms with van der Waals surface area (Å²) >= 11 is 0. The summed E-state index contributed by atoms with van der Waals surface area (Å²) in [5.41, 5.74) is 0.0403. The maximum atomic E-state index is 12.5. The molecule has 0 aliphatic carbocycles. The first-order chi connectivity index (χ1) is 12.2. The van der Waals surface area contributed by atoms with Gasteiger partial charge in [-0.25, -0.2) is 4.79 Å². The molecule has 0 heterocycles. The minimum absolute atomic E-state index is 0.0275. The summed E-state index contributed by atoms with van der Waals surface area (Å²) in [6.07, 6.45) is -0.830. The third kappa shape index (κ3) is 7.23. The highest BCUT2D eigenvalue weighted by molar-refractivity contribution is 5.88. The molecule has 7 heteroatoms. The van der Waals surface area contributed by atoms with Crippen molar-refractivity contribution in [3.8, 4) is 0 Å². The lowest BCUT2D eigenvalue weighted by Gasteiger charge is -2.22. The third-order valence-electron chi connectivity index (χ3n) is 3.44. The van der Waals surface area contributed by atoms with Crippen LogP contribution in [0.2, 0.25) is 0 Å². The molecule has 0 aliphatic rings. The molecule has 0 saturated heterocycles. The number of ether oxygens (including phenoxy) is 3. The molecule has 1 aromatic carbocycles. The van der Waals surface area contributed by atoms with Gasteiger partial charge in [0.1, 0.15) is 11.6 Å². The smallest absolute Gasteiger partial charge is 0.328 e. The van der Waals surface area contributed by atoms with Gasteiger partial charge in [0, 0.05) is 13.5 Å². The van der Waals surface area contributed by atoms with Gasteiger partial charge >= 0.3 is 11.9 Å². The van der Waals surface area contributed by atoms with Crippen molar-refractivity contribution in [1.82, 2.24) is 5.32 Å². The Kier molecular flexibility index (Phi) is 8.25. The van der Waals surface area contributed by atoms with Crippen LogP contribution >= 0.6 is 0 Å². The zero-order valence-electron chi connectivity index (χ0n) is 15.9. The normalized spacial score (nSPS) is 13.4. The van der Waals surface area contributed by atoms with E-state index in [1.807, 2.05) is 6.07 Å². The summed E-state index contributed by atoms with van der Waals surface area (Å²) in [6.45, 7) is 5.27. The Morgan fingerprint density at radius 2 is 1.69 bits per heavy atom. The van der Waals surface area contributed by atoms with Crippen molar-refractivity contribution in [2.75, 3.05) is 14.2 Å². The predicted octanol–water partition coefficient (Wildman–Crippen LogP) is 2.15. The van der Waals surface area contributed by atoms with E-state index in [0.29, 0.717) is 5.56 Å². The molecule has 1 amide bonds.